The number of benzene rings is 1. The van der Waals surface area contributed by atoms with Crippen molar-refractivity contribution < 1.29 is 14.2 Å². The average molecular weight is 358 g/mol. The molecule has 0 saturated heterocycles. The average Bonchev–Trinajstić information content (AvgIpc) is 2.19. The molecular formula is C9H11Br2O3P. The first-order valence-corrected chi connectivity index (χ1v) is 6.17. The van der Waals surface area contributed by atoms with Crippen molar-refractivity contribution in [3.63, 3.8) is 0 Å². The fourth-order valence-corrected chi connectivity index (χ4v) is 3.90. The van der Waals surface area contributed by atoms with Gasteiger partial charge in [-0.05, 0) is 31.9 Å². The van der Waals surface area contributed by atoms with Crippen molar-refractivity contribution in [2.75, 3.05) is 21.3 Å². The highest BCUT2D eigenvalue weighted by atomic mass is 79.9. The van der Waals surface area contributed by atoms with E-state index in [1.807, 2.05) is 0 Å². The van der Waals surface area contributed by atoms with Crippen LogP contribution in [0.15, 0.2) is 8.95 Å². The van der Waals surface area contributed by atoms with Crippen LogP contribution in [0.25, 0.3) is 0 Å². The zero-order chi connectivity index (χ0) is 11.6. The summed E-state index contributed by atoms with van der Waals surface area (Å²) in [6, 6.07) is 0. The van der Waals surface area contributed by atoms with Crippen molar-refractivity contribution >= 4 is 46.4 Å². The molecule has 0 aliphatic heterocycles. The number of hydrogen-bond donors (Lipinski definition) is 0. The minimum Gasteiger partial charge on any atom is -0.495 e. The van der Waals surface area contributed by atoms with Gasteiger partial charge in [0.25, 0.3) is 0 Å². The normalized spacial score (nSPS) is 10.0. The van der Waals surface area contributed by atoms with Crippen molar-refractivity contribution in [2.24, 2.45) is 0 Å². The third kappa shape index (κ3) is 2.24. The third-order valence-electron chi connectivity index (χ3n) is 1.90. The molecule has 0 spiro atoms. The standard InChI is InChI=1S/C9H11Br2O3P/c1-12-6-4(10)7(13-2)9(15)8(14-3)5(6)11/h15H2,1-3H3. The van der Waals surface area contributed by atoms with E-state index >= 15 is 0 Å². The number of halogens is 2. The Labute approximate surface area is 108 Å². The summed E-state index contributed by atoms with van der Waals surface area (Å²) in [5.41, 5.74) is 0. The van der Waals surface area contributed by atoms with E-state index in [1.54, 1.807) is 21.3 Å². The van der Waals surface area contributed by atoms with Crippen LogP contribution in [-0.2, 0) is 0 Å². The molecular weight excluding hydrogens is 347 g/mol. The Balaban J connectivity index is 3.57. The highest BCUT2D eigenvalue weighted by Crippen LogP contribution is 2.45. The maximum absolute atomic E-state index is 5.27. The summed E-state index contributed by atoms with van der Waals surface area (Å²) in [5.74, 6) is 2.00. The third-order valence-corrected chi connectivity index (χ3v) is 3.86. The van der Waals surface area contributed by atoms with E-state index in [-0.39, 0.29) is 0 Å². The number of methoxy groups -OCH3 is 3. The van der Waals surface area contributed by atoms with Crippen LogP contribution in [0.5, 0.6) is 17.2 Å². The lowest BCUT2D eigenvalue weighted by Crippen LogP contribution is -2.07. The van der Waals surface area contributed by atoms with Crippen LogP contribution in [0.1, 0.15) is 0 Å². The van der Waals surface area contributed by atoms with E-state index in [4.69, 9.17) is 14.2 Å². The first-order chi connectivity index (χ1) is 7.08. The monoisotopic (exact) mass is 356 g/mol. The van der Waals surface area contributed by atoms with Crippen LogP contribution in [0.4, 0.5) is 0 Å². The van der Waals surface area contributed by atoms with E-state index in [0.29, 0.717) is 17.2 Å². The first kappa shape index (κ1) is 13.1. The molecule has 0 saturated carbocycles. The topological polar surface area (TPSA) is 27.7 Å². The summed E-state index contributed by atoms with van der Waals surface area (Å²) >= 11 is 6.84. The molecule has 0 N–H and O–H groups in total. The van der Waals surface area contributed by atoms with Crippen LogP contribution in [0, 0.1) is 0 Å². The molecule has 6 heteroatoms. The van der Waals surface area contributed by atoms with Crippen LogP contribution < -0.4 is 19.5 Å². The van der Waals surface area contributed by atoms with Crippen molar-refractivity contribution in [3.05, 3.63) is 8.95 Å². The molecule has 0 heterocycles. The first-order valence-electron chi connectivity index (χ1n) is 4.00. The number of hydrogen-bond acceptors (Lipinski definition) is 3. The van der Waals surface area contributed by atoms with Gasteiger partial charge in [0.1, 0.15) is 20.4 Å². The summed E-state index contributed by atoms with van der Waals surface area (Å²) in [5, 5.41) is 0.833. The Morgan fingerprint density at radius 3 is 1.40 bits per heavy atom. The Morgan fingerprint density at radius 2 is 1.13 bits per heavy atom. The van der Waals surface area contributed by atoms with Crippen molar-refractivity contribution in [1.82, 2.24) is 0 Å². The summed E-state index contributed by atoms with van der Waals surface area (Å²) < 4.78 is 17.3. The SMILES string of the molecule is COc1c(P)c(OC)c(Br)c(OC)c1Br. The van der Waals surface area contributed by atoms with Gasteiger partial charge in [0.15, 0.2) is 5.75 Å². The van der Waals surface area contributed by atoms with Crippen LogP contribution in [0.2, 0.25) is 0 Å². The van der Waals surface area contributed by atoms with Crippen molar-refractivity contribution in [1.29, 1.82) is 0 Å². The fraction of sp³-hybridized carbons (Fsp3) is 0.333. The van der Waals surface area contributed by atoms with E-state index in [9.17, 15) is 0 Å². The molecule has 1 aromatic rings. The minimum absolute atomic E-state index is 0.648. The van der Waals surface area contributed by atoms with Crippen molar-refractivity contribution in [2.45, 2.75) is 0 Å². The molecule has 84 valence electrons. The van der Waals surface area contributed by atoms with Gasteiger partial charge in [0.2, 0.25) is 0 Å². The maximum atomic E-state index is 5.27. The van der Waals surface area contributed by atoms with Gasteiger partial charge in [-0.15, -0.1) is 0 Å². The lowest BCUT2D eigenvalue weighted by atomic mass is 10.3. The summed E-state index contributed by atoms with van der Waals surface area (Å²) in [4.78, 5) is 0. The second-order valence-electron chi connectivity index (χ2n) is 2.64. The predicted octanol–water partition coefficient (Wildman–Crippen LogP) is 2.74. The molecule has 3 nitrogen and oxygen atoms in total. The molecule has 0 bridgehead atoms. The van der Waals surface area contributed by atoms with Gasteiger partial charge in [0.05, 0.1) is 26.6 Å². The molecule has 0 fully saturated rings. The Kier molecular flexibility index (Phi) is 4.68. The highest BCUT2D eigenvalue weighted by molar-refractivity contribution is 9.11. The lowest BCUT2D eigenvalue weighted by molar-refractivity contribution is 0.373. The zero-order valence-electron chi connectivity index (χ0n) is 8.56. The quantitative estimate of drug-likeness (QED) is 0.778. The van der Waals surface area contributed by atoms with E-state index in [1.165, 1.54) is 0 Å². The van der Waals surface area contributed by atoms with Gasteiger partial charge in [-0.1, -0.05) is 9.24 Å². The van der Waals surface area contributed by atoms with Gasteiger partial charge in [-0.2, -0.15) is 0 Å². The second kappa shape index (κ2) is 5.37. The molecule has 0 amide bonds. The molecule has 0 aliphatic carbocycles. The molecule has 0 aromatic heterocycles. The molecule has 1 aromatic carbocycles. The van der Waals surface area contributed by atoms with Gasteiger partial charge < -0.3 is 14.2 Å². The molecule has 1 rings (SSSR count). The fourth-order valence-electron chi connectivity index (χ4n) is 1.22. The summed E-state index contributed by atoms with van der Waals surface area (Å²) in [6.45, 7) is 0. The van der Waals surface area contributed by atoms with E-state index < -0.39 is 0 Å². The molecule has 0 radical (unpaired) electrons. The zero-order valence-corrected chi connectivity index (χ0v) is 12.9. The number of ether oxygens (including phenoxy) is 3. The maximum Gasteiger partial charge on any atom is 0.154 e. The molecule has 0 aliphatic rings. The van der Waals surface area contributed by atoms with Crippen molar-refractivity contribution in [3.8, 4) is 17.2 Å². The summed E-state index contributed by atoms with van der Waals surface area (Å²) in [7, 11) is 7.36. The van der Waals surface area contributed by atoms with Crippen LogP contribution >= 0.6 is 41.1 Å². The smallest absolute Gasteiger partial charge is 0.154 e. The molecule has 1 unspecified atom stereocenters. The van der Waals surface area contributed by atoms with Gasteiger partial charge in [0, 0.05) is 0 Å². The van der Waals surface area contributed by atoms with Crippen LogP contribution in [-0.4, -0.2) is 21.3 Å². The van der Waals surface area contributed by atoms with E-state index in [0.717, 1.165) is 14.2 Å². The van der Waals surface area contributed by atoms with E-state index in [2.05, 4.69) is 41.1 Å². The largest absolute Gasteiger partial charge is 0.495 e. The Hall–Kier alpha value is 0.01000. The highest BCUT2D eigenvalue weighted by Gasteiger charge is 2.21. The van der Waals surface area contributed by atoms with Gasteiger partial charge in [-0.25, -0.2) is 0 Å². The molecule has 1 atom stereocenters. The minimum atomic E-state index is 0.648. The summed E-state index contributed by atoms with van der Waals surface area (Å²) in [6.07, 6.45) is 0. The Bertz CT molecular complexity index is 304. The van der Waals surface area contributed by atoms with Crippen LogP contribution in [0.3, 0.4) is 0 Å². The van der Waals surface area contributed by atoms with Gasteiger partial charge >= 0.3 is 0 Å². The second-order valence-corrected chi connectivity index (χ2v) is 4.80. The van der Waals surface area contributed by atoms with Gasteiger partial charge in [-0.3, -0.25) is 0 Å². The Morgan fingerprint density at radius 1 is 0.800 bits per heavy atom. The predicted molar refractivity (Wildman–Crippen MR) is 70.8 cm³/mol. The molecule has 15 heavy (non-hydrogen) atoms. The lowest BCUT2D eigenvalue weighted by Gasteiger charge is -2.16. The number of rotatable bonds is 3.